The number of halogens is 1. The van der Waals surface area contributed by atoms with Crippen molar-refractivity contribution in [3.8, 4) is 0 Å². The molecule has 0 saturated carbocycles. The first-order valence-electron chi connectivity index (χ1n) is 9.25. The van der Waals surface area contributed by atoms with Crippen LogP contribution in [0.1, 0.15) is 45.9 Å². The van der Waals surface area contributed by atoms with E-state index in [9.17, 15) is 0 Å². The zero-order valence-electron chi connectivity index (χ0n) is 16.8. The van der Waals surface area contributed by atoms with Crippen LogP contribution in [0.25, 0.3) is 5.65 Å². The van der Waals surface area contributed by atoms with Crippen LogP contribution in [0.2, 0.25) is 0 Å². The molecule has 144 valence electrons. The van der Waals surface area contributed by atoms with Gasteiger partial charge in [-0.25, -0.2) is 4.98 Å². The van der Waals surface area contributed by atoms with E-state index >= 15 is 0 Å². The average molecular weight is 469 g/mol. The molecule has 1 saturated heterocycles. The third-order valence-electron chi connectivity index (χ3n) is 5.83. The molecule has 1 N–H and O–H groups in total. The minimum atomic E-state index is 0. The van der Waals surface area contributed by atoms with Crippen molar-refractivity contribution in [1.82, 2.24) is 19.6 Å². The summed E-state index contributed by atoms with van der Waals surface area (Å²) in [5.41, 5.74) is 3.77. The molecule has 0 unspecified atom stereocenters. The fourth-order valence-corrected chi connectivity index (χ4v) is 3.40. The summed E-state index contributed by atoms with van der Waals surface area (Å²) in [6, 6.07) is 4.16. The van der Waals surface area contributed by atoms with Crippen LogP contribution in [0.3, 0.4) is 0 Å². The van der Waals surface area contributed by atoms with E-state index in [1.54, 1.807) is 0 Å². The number of nitrogens with one attached hydrogen (secondary N) is 1. The Balaban J connectivity index is 0.00000243. The smallest absolute Gasteiger partial charge is 0.194 e. The second-order valence-electron chi connectivity index (χ2n) is 8.17. The monoisotopic (exact) mass is 469 g/mol. The molecule has 0 aliphatic carbocycles. The average Bonchev–Trinajstić information content (AvgIpc) is 2.96. The molecule has 0 bridgehead atoms. The first-order chi connectivity index (χ1) is 11.8. The zero-order chi connectivity index (χ0) is 18.2. The van der Waals surface area contributed by atoms with Gasteiger partial charge in [0.2, 0.25) is 0 Å². The van der Waals surface area contributed by atoms with E-state index in [-0.39, 0.29) is 29.5 Å². The van der Waals surface area contributed by atoms with Crippen molar-refractivity contribution >= 4 is 35.6 Å². The van der Waals surface area contributed by atoms with Gasteiger partial charge in [-0.3, -0.25) is 4.99 Å². The number of hydrogen-bond acceptors (Lipinski definition) is 2. The quantitative estimate of drug-likeness (QED) is 0.420. The number of hydrogen-bond donors (Lipinski definition) is 1. The van der Waals surface area contributed by atoms with Gasteiger partial charge in [0.05, 0.1) is 5.69 Å². The second kappa shape index (κ2) is 7.74. The Morgan fingerprint density at radius 1 is 1.31 bits per heavy atom. The molecule has 0 radical (unpaired) electrons. The predicted octanol–water partition coefficient (Wildman–Crippen LogP) is 3.89. The van der Waals surface area contributed by atoms with E-state index in [0.717, 1.165) is 43.4 Å². The molecular formula is C20H32IN5. The van der Waals surface area contributed by atoms with Crippen LogP contribution >= 0.6 is 24.0 Å². The van der Waals surface area contributed by atoms with Gasteiger partial charge < -0.3 is 14.6 Å². The van der Waals surface area contributed by atoms with Crippen molar-refractivity contribution < 1.29 is 0 Å². The second-order valence-corrected chi connectivity index (χ2v) is 8.17. The number of rotatable bonds is 4. The number of likely N-dealkylation sites (tertiary alicyclic amines) is 1. The third-order valence-corrected chi connectivity index (χ3v) is 5.83. The van der Waals surface area contributed by atoms with Gasteiger partial charge in [0.25, 0.3) is 0 Å². The number of nitrogens with zero attached hydrogens (tertiary/aromatic N) is 4. The molecule has 0 amide bonds. The lowest BCUT2D eigenvalue weighted by Gasteiger charge is -2.62. The molecule has 3 rings (SSSR count). The predicted molar refractivity (Wildman–Crippen MR) is 120 cm³/mol. The summed E-state index contributed by atoms with van der Waals surface area (Å²) < 4.78 is 2.10. The minimum Gasteiger partial charge on any atom is -0.356 e. The summed E-state index contributed by atoms with van der Waals surface area (Å²) in [5.74, 6) is 1.02. The molecule has 0 spiro atoms. The summed E-state index contributed by atoms with van der Waals surface area (Å²) >= 11 is 0. The Morgan fingerprint density at radius 2 is 2.04 bits per heavy atom. The van der Waals surface area contributed by atoms with Gasteiger partial charge in [0.1, 0.15) is 5.65 Å². The van der Waals surface area contributed by atoms with Crippen LogP contribution in [0, 0.1) is 12.3 Å². The number of guanidine groups is 1. The molecule has 1 aliphatic rings. The largest absolute Gasteiger partial charge is 0.356 e. The highest BCUT2D eigenvalue weighted by Crippen LogP contribution is 2.46. The molecule has 2 aromatic heterocycles. The SMILES string of the molecule is CCNC(=NCCc1cn2cccc(C)c2n1)N1CC(C)(C)C1(C)C.I. The first-order valence-corrected chi connectivity index (χ1v) is 9.25. The summed E-state index contributed by atoms with van der Waals surface area (Å²) in [4.78, 5) is 12.0. The van der Waals surface area contributed by atoms with Crippen molar-refractivity contribution in [3.63, 3.8) is 0 Å². The maximum Gasteiger partial charge on any atom is 0.194 e. The van der Waals surface area contributed by atoms with Gasteiger partial charge in [-0.15, -0.1) is 24.0 Å². The van der Waals surface area contributed by atoms with Crippen LogP contribution in [-0.2, 0) is 6.42 Å². The lowest BCUT2D eigenvalue weighted by Crippen LogP contribution is -2.72. The number of aryl methyl sites for hydroxylation is 1. The van der Waals surface area contributed by atoms with E-state index in [2.05, 4.69) is 80.7 Å². The Labute approximate surface area is 174 Å². The van der Waals surface area contributed by atoms with Crippen LogP contribution < -0.4 is 5.32 Å². The molecule has 0 atom stereocenters. The summed E-state index contributed by atoms with van der Waals surface area (Å²) in [6.45, 7) is 16.2. The molecular weight excluding hydrogens is 437 g/mol. The molecule has 1 fully saturated rings. The van der Waals surface area contributed by atoms with Crippen molar-refractivity contribution in [2.24, 2.45) is 10.4 Å². The normalized spacial score (nSPS) is 18.4. The topological polar surface area (TPSA) is 44.9 Å². The lowest BCUT2D eigenvalue weighted by molar-refractivity contribution is -0.0667. The Bertz CT molecular complexity index is 791. The third kappa shape index (κ3) is 3.70. The van der Waals surface area contributed by atoms with E-state index in [4.69, 9.17) is 9.98 Å². The molecule has 3 heterocycles. The van der Waals surface area contributed by atoms with Gasteiger partial charge in [0, 0.05) is 49.4 Å². The van der Waals surface area contributed by atoms with Crippen molar-refractivity contribution in [2.45, 2.75) is 53.5 Å². The number of pyridine rings is 1. The number of imidazole rings is 1. The van der Waals surface area contributed by atoms with Crippen LogP contribution in [0.5, 0.6) is 0 Å². The Morgan fingerprint density at radius 3 is 2.62 bits per heavy atom. The van der Waals surface area contributed by atoms with Gasteiger partial charge in [-0.2, -0.15) is 0 Å². The molecule has 26 heavy (non-hydrogen) atoms. The van der Waals surface area contributed by atoms with Gasteiger partial charge in [-0.05, 0) is 39.3 Å². The van der Waals surface area contributed by atoms with Crippen molar-refractivity contribution in [2.75, 3.05) is 19.6 Å². The molecule has 2 aromatic rings. The maximum atomic E-state index is 4.87. The highest BCUT2D eigenvalue weighted by Gasteiger charge is 2.53. The van der Waals surface area contributed by atoms with Gasteiger partial charge in [0.15, 0.2) is 5.96 Å². The van der Waals surface area contributed by atoms with Gasteiger partial charge >= 0.3 is 0 Å². The van der Waals surface area contributed by atoms with E-state index < -0.39 is 0 Å². The molecule has 5 nitrogen and oxygen atoms in total. The summed E-state index contributed by atoms with van der Waals surface area (Å²) in [7, 11) is 0. The van der Waals surface area contributed by atoms with Crippen LogP contribution in [-0.4, -0.2) is 45.4 Å². The van der Waals surface area contributed by atoms with Crippen LogP contribution in [0.15, 0.2) is 29.5 Å². The summed E-state index contributed by atoms with van der Waals surface area (Å²) in [6.07, 6.45) is 5.02. The molecule has 1 aliphatic heterocycles. The maximum absolute atomic E-state index is 4.87. The highest BCUT2D eigenvalue weighted by atomic mass is 127. The lowest BCUT2D eigenvalue weighted by atomic mass is 9.65. The van der Waals surface area contributed by atoms with E-state index in [1.165, 1.54) is 5.56 Å². The number of aliphatic imine (C=N–C) groups is 1. The van der Waals surface area contributed by atoms with Crippen LogP contribution in [0.4, 0.5) is 0 Å². The summed E-state index contributed by atoms with van der Waals surface area (Å²) in [5, 5.41) is 3.45. The first kappa shape index (κ1) is 21.0. The fourth-order valence-electron chi connectivity index (χ4n) is 3.40. The standard InChI is InChI=1S/C20H31N5.HI/c1-7-21-18(25-14-19(3,4)20(25,5)6)22-11-10-16-13-24-12-8-9-15(2)17(24)23-16;/h8-9,12-13H,7,10-11,14H2,1-6H3,(H,21,22);1H. The minimum absolute atomic E-state index is 0. The van der Waals surface area contributed by atoms with Crippen molar-refractivity contribution in [3.05, 3.63) is 35.8 Å². The van der Waals surface area contributed by atoms with E-state index in [1.807, 2.05) is 0 Å². The van der Waals surface area contributed by atoms with E-state index in [0.29, 0.717) is 5.41 Å². The molecule has 6 heteroatoms. The number of aromatic nitrogens is 2. The highest BCUT2D eigenvalue weighted by molar-refractivity contribution is 14.0. The number of fused-ring (bicyclic) bond motifs is 1. The van der Waals surface area contributed by atoms with Crippen molar-refractivity contribution in [1.29, 1.82) is 0 Å². The van der Waals surface area contributed by atoms with Gasteiger partial charge in [-0.1, -0.05) is 19.9 Å². The zero-order valence-corrected chi connectivity index (χ0v) is 19.2. The Kier molecular flexibility index (Phi) is 6.25. The molecule has 0 aromatic carbocycles. The Hall–Kier alpha value is -1.31. The fraction of sp³-hybridized carbons (Fsp3) is 0.600.